The minimum absolute atomic E-state index is 0.255. The fourth-order valence-corrected chi connectivity index (χ4v) is 3.43. The van der Waals surface area contributed by atoms with E-state index >= 15 is 0 Å². The summed E-state index contributed by atoms with van der Waals surface area (Å²) >= 11 is 6.03. The van der Waals surface area contributed by atoms with Crippen LogP contribution in [0.2, 0.25) is 5.02 Å². The zero-order valence-electron chi connectivity index (χ0n) is 12.4. The SMILES string of the molecule is CCCC1CC(C)C(c2ccc(Cl)cc2)(n2cncn2)O1. The molecule has 4 nitrogen and oxygen atoms in total. The first kappa shape index (κ1) is 14.5. The number of benzene rings is 1. The van der Waals surface area contributed by atoms with Crippen LogP contribution in [-0.4, -0.2) is 20.9 Å². The molecule has 1 saturated heterocycles. The number of nitrogens with zero attached hydrogens (tertiary/aromatic N) is 3. The highest BCUT2D eigenvalue weighted by molar-refractivity contribution is 6.30. The molecule has 0 N–H and O–H groups in total. The maximum Gasteiger partial charge on any atom is 0.191 e. The van der Waals surface area contributed by atoms with E-state index in [1.54, 1.807) is 12.7 Å². The van der Waals surface area contributed by atoms with Crippen molar-refractivity contribution in [1.82, 2.24) is 14.8 Å². The van der Waals surface area contributed by atoms with Crippen LogP contribution in [0.3, 0.4) is 0 Å². The van der Waals surface area contributed by atoms with Crippen molar-refractivity contribution in [2.45, 2.75) is 44.9 Å². The molecule has 2 heterocycles. The van der Waals surface area contributed by atoms with Crippen LogP contribution in [-0.2, 0) is 10.5 Å². The first-order chi connectivity index (χ1) is 10.2. The summed E-state index contributed by atoms with van der Waals surface area (Å²) in [5, 5.41) is 5.09. The Kier molecular flexibility index (Phi) is 4.00. The molecule has 0 amide bonds. The van der Waals surface area contributed by atoms with Crippen LogP contribution < -0.4 is 0 Å². The molecule has 1 aliphatic rings. The fraction of sp³-hybridized carbons (Fsp3) is 0.500. The number of hydrogen-bond donors (Lipinski definition) is 0. The van der Waals surface area contributed by atoms with Crippen molar-refractivity contribution in [3.05, 3.63) is 47.5 Å². The van der Waals surface area contributed by atoms with E-state index in [0.717, 1.165) is 29.8 Å². The highest BCUT2D eigenvalue weighted by Crippen LogP contribution is 2.45. The third-order valence-corrected chi connectivity index (χ3v) is 4.51. The average molecular weight is 306 g/mol. The zero-order chi connectivity index (χ0) is 14.9. The standard InChI is InChI=1S/C16H20ClN3O/c1-3-4-15-9-12(2)16(21-15,20-11-18-10-19-20)13-5-7-14(17)8-6-13/h5-8,10-12,15H,3-4,9H2,1-2H3. The second-order valence-electron chi connectivity index (χ2n) is 5.71. The molecule has 0 bridgehead atoms. The molecule has 0 spiro atoms. The van der Waals surface area contributed by atoms with Gasteiger partial charge in [0, 0.05) is 16.5 Å². The van der Waals surface area contributed by atoms with Gasteiger partial charge in [0.15, 0.2) is 5.72 Å². The molecule has 1 aromatic heterocycles. The van der Waals surface area contributed by atoms with Crippen molar-refractivity contribution in [2.24, 2.45) is 5.92 Å². The molecule has 5 heteroatoms. The number of ether oxygens (including phenoxy) is 1. The Labute approximate surface area is 130 Å². The molecular formula is C16H20ClN3O. The van der Waals surface area contributed by atoms with Crippen molar-refractivity contribution in [1.29, 1.82) is 0 Å². The van der Waals surface area contributed by atoms with Crippen molar-refractivity contribution in [3.8, 4) is 0 Å². The number of rotatable bonds is 4. The summed E-state index contributed by atoms with van der Waals surface area (Å²) in [6.07, 6.45) is 6.75. The molecule has 1 fully saturated rings. The molecule has 3 rings (SSSR count). The van der Waals surface area contributed by atoms with Crippen LogP contribution in [0.1, 0.15) is 38.7 Å². The van der Waals surface area contributed by atoms with E-state index in [1.807, 2.05) is 28.9 Å². The molecular weight excluding hydrogens is 286 g/mol. The predicted octanol–water partition coefficient (Wildman–Crippen LogP) is 3.86. The lowest BCUT2D eigenvalue weighted by atomic mass is 9.89. The quantitative estimate of drug-likeness (QED) is 0.861. The average Bonchev–Trinajstić information content (AvgIpc) is 3.09. The summed E-state index contributed by atoms with van der Waals surface area (Å²) in [6, 6.07) is 7.85. The number of aromatic nitrogens is 3. The van der Waals surface area contributed by atoms with Crippen molar-refractivity contribution in [3.63, 3.8) is 0 Å². The van der Waals surface area contributed by atoms with Crippen LogP contribution in [0.5, 0.6) is 0 Å². The van der Waals surface area contributed by atoms with E-state index < -0.39 is 5.72 Å². The molecule has 3 atom stereocenters. The Morgan fingerprint density at radius 1 is 1.38 bits per heavy atom. The van der Waals surface area contributed by atoms with Crippen LogP contribution in [0.4, 0.5) is 0 Å². The van der Waals surface area contributed by atoms with Gasteiger partial charge in [-0.3, -0.25) is 0 Å². The summed E-state index contributed by atoms with van der Waals surface area (Å²) in [4.78, 5) is 4.11. The van der Waals surface area contributed by atoms with E-state index in [0.29, 0.717) is 5.92 Å². The van der Waals surface area contributed by atoms with E-state index in [1.165, 1.54) is 0 Å². The smallest absolute Gasteiger partial charge is 0.191 e. The summed E-state index contributed by atoms with van der Waals surface area (Å²) in [5.74, 6) is 0.317. The van der Waals surface area contributed by atoms with Gasteiger partial charge in [-0.15, -0.1) is 0 Å². The molecule has 1 aliphatic heterocycles. The lowest BCUT2D eigenvalue weighted by molar-refractivity contribution is -0.0937. The Morgan fingerprint density at radius 3 is 2.76 bits per heavy atom. The van der Waals surface area contributed by atoms with Crippen molar-refractivity contribution in [2.75, 3.05) is 0 Å². The van der Waals surface area contributed by atoms with Crippen molar-refractivity contribution >= 4 is 11.6 Å². The fourth-order valence-electron chi connectivity index (χ4n) is 3.30. The maximum absolute atomic E-state index is 6.49. The van der Waals surface area contributed by atoms with Crippen LogP contribution in [0.15, 0.2) is 36.9 Å². The van der Waals surface area contributed by atoms with Crippen LogP contribution in [0.25, 0.3) is 0 Å². The van der Waals surface area contributed by atoms with Gasteiger partial charge in [0.25, 0.3) is 0 Å². The predicted molar refractivity (Wildman–Crippen MR) is 82.1 cm³/mol. The van der Waals surface area contributed by atoms with E-state index in [-0.39, 0.29) is 6.10 Å². The Bertz CT molecular complexity index is 584. The molecule has 3 unspecified atom stereocenters. The molecule has 0 aliphatic carbocycles. The van der Waals surface area contributed by atoms with Gasteiger partial charge in [-0.1, -0.05) is 44.0 Å². The number of hydrogen-bond acceptors (Lipinski definition) is 3. The van der Waals surface area contributed by atoms with Crippen LogP contribution >= 0.6 is 11.6 Å². The highest BCUT2D eigenvalue weighted by Gasteiger charge is 2.49. The molecule has 0 saturated carbocycles. The van der Waals surface area contributed by atoms with Crippen LogP contribution in [0, 0.1) is 5.92 Å². The van der Waals surface area contributed by atoms with E-state index in [2.05, 4.69) is 23.9 Å². The zero-order valence-corrected chi connectivity index (χ0v) is 13.1. The van der Waals surface area contributed by atoms with Gasteiger partial charge in [0.1, 0.15) is 12.7 Å². The lowest BCUT2D eigenvalue weighted by Crippen LogP contribution is -2.40. The summed E-state index contributed by atoms with van der Waals surface area (Å²) in [7, 11) is 0. The summed E-state index contributed by atoms with van der Waals surface area (Å²) < 4.78 is 8.33. The van der Waals surface area contributed by atoms with Gasteiger partial charge >= 0.3 is 0 Å². The molecule has 112 valence electrons. The monoisotopic (exact) mass is 305 g/mol. The molecule has 0 radical (unpaired) electrons. The van der Waals surface area contributed by atoms with Gasteiger partial charge < -0.3 is 4.74 Å². The largest absolute Gasteiger partial charge is 0.346 e. The van der Waals surface area contributed by atoms with E-state index in [4.69, 9.17) is 16.3 Å². The van der Waals surface area contributed by atoms with Gasteiger partial charge in [-0.05, 0) is 25.0 Å². The molecule has 21 heavy (non-hydrogen) atoms. The molecule has 1 aromatic carbocycles. The first-order valence-corrected chi connectivity index (χ1v) is 7.83. The van der Waals surface area contributed by atoms with Gasteiger partial charge in [0.2, 0.25) is 0 Å². The normalized spacial score (nSPS) is 28.9. The number of halogens is 1. The second kappa shape index (κ2) is 5.78. The Hall–Kier alpha value is -1.39. The maximum atomic E-state index is 6.49. The lowest BCUT2D eigenvalue weighted by Gasteiger charge is -2.33. The summed E-state index contributed by atoms with van der Waals surface area (Å²) in [6.45, 7) is 4.40. The van der Waals surface area contributed by atoms with Gasteiger partial charge in [-0.2, -0.15) is 5.10 Å². The third kappa shape index (κ3) is 2.47. The van der Waals surface area contributed by atoms with Gasteiger partial charge in [-0.25, -0.2) is 9.67 Å². The summed E-state index contributed by atoms with van der Waals surface area (Å²) in [5.41, 5.74) is 0.490. The van der Waals surface area contributed by atoms with Crippen molar-refractivity contribution < 1.29 is 4.74 Å². The minimum atomic E-state index is -0.582. The second-order valence-corrected chi connectivity index (χ2v) is 6.15. The first-order valence-electron chi connectivity index (χ1n) is 7.45. The minimum Gasteiger partial charge on any atom is -0.346 e. The Morgan fingerprint density at radius 2 is 2.14 bits per heavy atom. The van der Waals surface area contributed by atoms with E-state index in [9.17, 15) is 0 Å². The third-order valence-electron chi connectivity index (χ3n) is 4.26. The topological polar surface area (TPSA) is 39.9 Å². The Balaban J connectivity index is 2.06. The highest BCUT2D eigenvalue weighted by atomic mass is 35.5. The molecule has 2 aromatic rings. The van der Waals surface area contributed by atoms with Gasteiger partial charge in [0.05, 0.1) is 6.10 Å².